The number of imide groups is 1. The quantitative estimate of drug-likeness (QED) is 0.291. The zero-order valence-electron chi connectivity index (χ0n) is 21.7. The molecular formula is C28H26N2O8S. The number of methoxy groups -OCH3 is 2. The third-order valence-electron chi connectivity index (χ3n) is 5.73. The molecule has 2 aromatic carbocycles. The molecule has 39 heavy (non-hydrogen) atoms. The molecule has 1 aliphatic rings. The van der Waals surface area contributed by atoms with Crippen LogP contribution in [-0.4, -0.2) is 48.7 Å². The Bertz CT molecular complexity index is 1480. The van der Waals surface area contributed by atoms with E-state index in [1.54, 1.807) is 36.4 Å². The van der Waals surface area contributed by atoms with Crippen LogP contribution in [0.5, 0.6) is 11.5 Å². The van der Waals surface area contributed by atoms with E-state index in [1.165, 1.54) is 20.3 Å². The van der Waals surface area contributed by atoms with E-state index in [2.05, 4.69) is 10.1 Å². The number of amides is 3. The highest BCUT2D eigenvalue weighted by Gasteiger charge is 2.36. The fourth-order valence-electron chi connectivity index (χ4n) is 3.78. The second-order valence-electron chi connectivity index (χ2n) is 8.59. The van der Waals surface area contributed by atoms with Gasteiger partial charge in [-0.05, 0) is 73.1 Å². The molecule has 1 saturated heterocycles. The summed E-state index contributed by atoms with van der Waals surface area (Å²) in [6, 6.07) is 13.7. The molecule has 1 aliphatic heterocycles. The molecule has 10 nitrogen and oxygen atoms in total. The average molecular weight is 551 g/mol. The summed E-state index contributed by atoms with van der Waals surface area (Å²) in [5.41, 5.74) is 3.16. The van der Waals surface area contributed by atoms with Gasteiger partial charge in [0, 0.05) is 5.69 Å². The zero-order chi connectivity index (χ0) is 28.1. The van der Waals surface area contributed by atoms with Crippen LogP contribution in [0.15, 0.2) is 57.9 Å². The van der Waals surface area contributed by atoms with E-state index >= 15 is 0 Å². The molecule has 1 aromatic heterocycles. The van der Waals surface area contributed by atoms with Crippen molar-refractivity contribution in [2.24, 2.45) is 0 Å². The van der Waals surface area contributed by atoms with Crippen LogP contribution >= 0.6 is 11.8 Å². The number of furan rings is 1. The SMILES string of the molecule is COC(=O)c1ccc(COc2ccc(C=C3SC(=O)N(CC(=O)Nc4ccc(C)cc4C)C3=O)cc2OC)o1. The molecule has 3 aromatic rings. The highest BCUT2D eigenvalue weighted by molar-refractivity contribution is 8.18. The van der Waals surface area contributed by atoms with Gasteiger partial charge in [-0.15, -0.1) is 0 Å². The summed E-state index contributed by atoms with van der Waals surface area (Å²) in [5, 5.41) is 2.22. The largest absolute Gasteiger partial charge is 0.493 e. The van der Waals surface area contributed by atoms with Gasteiger partial charge in [-0.3, -0.25) is 19.3 Å². The Kier molecular flexibility index (Phi) is 8.40. The van der Waals surface area contributed by atoms with E-state index in [0.29, 0.717) is 28.5 Å². The molecule has 1 N–H and O–H groups in total. The summed E-state index contributed by atoms with van der Waals surface area (Å²) in [4.78, 5) is 50.6. The third kappa shape index (κ3) is 6.50. The van der Waals surface area contributed by atoms with Crippen LogP contribution in [0.4, 0.5) is 10.5 Å². The molecule has 11 heteroatoms. The normalized spacial score (nSPS) is 14.1. The van der Waals surface area contributed by atoms with Gasteiger partial charge in [0.05, 0.1) is 19.1 Å². The molecule has 0 bridgehead atoms. The summed E-state index contributed by atoms with van der Waals surface area (Å²) in [5.74, 6) is -0.345. The van der Waals surface area contributed by atoms with Gasteiger partial charge in [0.25, 0.3) is 11.1 Å². The highest BCUT2D eigenvalue weighted by Crippen LogP contribution is 2.35. The first-order chi connectivity index (χ1) is 18.7. The van der Waals surface area contributed by atoms with Crippen molar-refractivity contribution in [2.45, 2.75) is 20.5 Å². The Balaban J connectivity index is 1.41. The minimum atomic E-state index is -0.588. The lowest BCUT2D eigenvalue weighted by molar-refractivity contribution is -0.127. The first-order valence-electron chi connectivity index (χ1n) is 11.8. The number of carbonyl (C=O) groups is 4. The molecule has 0 atom stereocenters. The Morgan fingerprint density at radius 2 is 1.82 bits per heavy atom. The van der Waals surface area contributed by atoms with Gasteiger partial charge in [0.2, 0.25) is 11.7 Å². The number of ether oxygens (including phenoxy) is 3. The van der Waals surface area contributed by atoms with Gasteiger partial charge in [-0.1, -0.05) is 23.8 Å². The Morgan fingerprint density at radius 1 is 1.03 bits per heavy atom. The summed E-state index contributed by atoms with van der Waals surface area (Å²) in [6.07, 6.45) is 1.55. The summed E-state index contributed by atoms with van der Waals surface area (Å²) < 4.78 is 21.2. The second-order valence-corrected chi connectivity index (χ2v) is 9.58. The molecular weight excluding hydrogens is 524 g/mol. The predicted molar refractivity (Wildman–Crippen MR) is 145 cm³/mol. The van der Waals surface area contributed by atoms with Gasteiger partial charge in [-0.25, -0.2) is 4.79 Å². The van der Waals surface area contributed by atoms with Gasteiger partial charge in [0.15, 0.2) is 11.5 Å². The number of anilines is 1. The van der Waals surface area contributed by atoms with Gasteiger partial charge in [0.1, 0.15) is 18.9 Å². The fraction of sp³-hybridized carbons (Fsp3) is 0.214. The number of hydrogen-bond donors (Lipinski definition) is 1. The lowest BCUT2D eigenvalue weighted by Crippen LogP contribution is -2.36. The maximum Gasteiger partial charge on any atom is 0.373 e. The van der Waals surface area contributed by atoms with Crippen LogP contribution in [-0.2, 0) is 20.9 Å². The lowest BCUT2D eigenvalue weighted by Gasteiger charge is -2.14. The number of aryl methyl sites for hydroxylation is 2. The number of rotatable bonds is 9. The number of nitrogens with zero attached hydrogens (tertiary/aromatic N) is 1. The van der Waals surface area contributed by atoms with E-state index in [-0.39, 0.29) is 17.3 Å². The van der Waals surface area contributed by atoms with Crippen molar-refractivity contribution in [3.05, 3.63) is 81.6 Å². The number of thioether (sulfide) groups is 1. The Morgan fingerprint density at radius 3 is 2.54 bits per heavy atom. The minimum Gasteiger partial charge on any atom is -0.493 e. The Hall–Kier alpha value is -4.51. The predicted octanol–water partition coefficient (Wildman–Crippen LogP) is 4.95. The molecule has 0 saturated carbocycles. The third-order valence-corrected chi connectivity index (χ3v) is 6.64. The monoisotopic (exact) mass is 550 g/mol. The van der Waals surface area contributed by atoms with Crippen LogP contribution in [0.25, 0.3) is 6.08 Å². The molecule has 202 valence electrons. The topological polar surface area (TPSA) is 124 Å². The molecule has 3 amide bonds. The first kappa shape index (κ1) is 27.5. The second kappa shape index (κ2) is 11.9. The molecule has 2 heterocycles. The number of carbonyl (C=O) groups excluding carboxylic acids is 4. The highest BCUT2D eigenvalue weighted by atomic mass is 32.2. The Labute approximate surface area is 228 Å². The van der Waals surface area contributed by atoms with E-state index in [0.717, 1.165) is 27.8 Å². The van der Waals surface area contributed by atoms with E-state index in [4.69, 9.17) is 13.9 Å². The van der Waals surface area contributed by atoms with Crippen molar-refractivity contribution in [1.29, 1.82) is 0 Å². The van der Waals surface area contributed by atoms with Crippen molar-refractivity contribution in [3.8, 4) is 11.5 Å². The van der Waals surface area contributed by atoms with Crippen molar-refractivity contribution < 1.29 is 37.8 Å². The standard InChI is InChI=1S/C28H26N2O8S/c1-16-5-8-20(17(2)11-16)29-25(31)14-30-26(32)24(39-28(30)34)13-18-6-9-21(23(12-18)35-3)37-15-19-7-10-22(38-19)27(33)36-4/h5-13H,14-15H2,1-4H3,(H,29,31). The fourth-order valence-corrected chi connectivity index (χ4v) is 4.62. The average Bonchev–Trinajstić information content (AvgIpc) is 3.49. The summed E-state index contributed by atoms with van der Waals surface area (Å²) >= 11 is 0.758. The van der Waals surface area contributed by atoms with Crippen LogP contribution < -0.4 is 14.8 Å². The number of nitrogens with one attached hydrogen (secondary N) is 1. The molecule has 1 fully saturated rings. The number of esters is 1. The van der Waals surface area contributed by atoms with E-state index in [1.807, 2.05) is 26.0 Å². The van der Waals surface area contributed by atoms with Crippen molar-refractivity contribution in [2.75, 3.05) is 26.1 Å². The van der Waals surface area contributed by atoms with E-state index < -0.39 is 29.6 Å². The number of benzene rings is 2. The van der Waals surface area contributed by atoms with Crippen LogP contribution in [0.1, 0.15) is 33.0 Å². The lowest BCUT2D eigenvalue weighted by atomic mass is 10.1. The van der Waals surface area contributed by atoms with Crippen LogP contribution in [0, 0.1) is 13.8 Å². The van der Waals surface area contributed by atoms with E-state index in [9.17, 15) is 19.2 Å². The summed E-state index contributed by atoms with van der Waals surface area (Å²) in [6.45, 7) is 3.46. The van der Waals surface area contributed by atoms with Crippen molar-refractivity contribution in [3.63, 3.8) is 0 Å². The van der Waals surface area contributed by atoms with Crippen LogP contribution in [0.2, 0.25) is 0 Å². The zero-order valence-corrected chi connectivity index (χ0v) is 22.5. The van der Waals surface area contributed by atoms with Gasteiger partial charge < -0.3 is 23.9 Å². The summed E-state index contributed by atoms with van der Waals surface area (Å²) in [7, 11) is 2.73. The molecule has 0 aliphatic carbocycles. The van der Waals surface area contributed by atoms with Crippen molar-refractivity contribution >= 4 is 46.5 Å². The number of hydrogen-bond acceptors (Lipinski definition) is 9. The first-order valence-corrected chi connectivity index (χ1v) is 12.6. The smallest absolute Gasteiger partial charge is 0.373 e. The van der Waals surface area contributed by atoms with Gasteiger partial charge >= 0.3 is 5.97 Å². The molecule has 0 unspecified atom stereocenters. The van der Waals surface area contributed by atoms with Gasteiger partial charge in [-0.2, -0.15) is 0 Å². The van der Waals surface area contributed by atoms with Crippen LogP contribution in [0.3, 0.4) is 0 Å². The molecule has 0 spiro atoms. The minimum absolute atomic E-state index is 0.0375. The molecule has 0 radical (unpaired) electrons. The molecule has 4 rings (SSSR count). The maximum atomic E-state index is 12.9. The van der Waals surface area contributed by atoms with Crippen molar-refractivity contribution in [1.82, 2.24) is 4.90 Å². The maximum absolute atomic E-state index is 12.9.